The Kier molecular flexibility index (Phi) is 4.43. The third kappa shape index (κ3) is 3.19. The predicted octanol–water partition coefficient (Wildman–Crippen LogP) is -1.20. The van der Waals surface area contributed by atoms with Gasteiger partial charge in [-0.05, 0) is 12.8 Å². The maximum atomic E-state index is 12.4. The number of likely N-dealkylation sites (tertiary alicyclic amines) is 1. The first-order chi connectivity index (χ1) is 9.49. The second kappa shape index (κ2) is 6.08. The van der Waals surface area contributed by atoms with Gasteiger partial charge < -0.3 is 26.0 Å². The molecule has 2 rings (SSSR count). The lowest BCUT2D eigenvalue weighted by Gasteiger charge is -2.39. The molecule has 20 heavy (non-hydrogen) atoms. The number of carboxylic acids is 1. The molecule has 3 amide bonds. The van der Waals surface area contributed by atoms with Crippen LogP contribution in [0.15, 0.2) is 0 Å². The van der Waals surface area contributed by atoms with E-state index in [-0.39, 0.29) is 18.5 Å². The van der Waals surface area contributed by atoms with Crippen LogP contribution in [0.25, 0.3) is 0 Å². The third-order valence-corrected chi connectivity index (χ3v) is 3.75. The molecule has 8 nitrogen and oxygen atoms in total. The van der Waals surface area contributed by atoms with Gasteiger partial charge in [0.25, 0.3) is 0 Å². The first-order valence-electron chi connectivity index (χ1n) is 6.79. The summed E-state index contributed by atoms with van der Waals surface area (Å²) in [4.78, 5) is 38.1. The number of amides is 3. The molecule has 0 aromatic carbocycles. The van der Waals surface area contributed by atoms with E-state index < -0.39 is 17.9 Å². The van der Waals surface area contributed by atoms with Gasteiger partial charge in [0.1, 0.15) is 6.04 Å². The fourth-order valence-corrected chi connectivity index (χ4v) is 2.58. The molecule has 2 fully saturated rings. The van der Waals surface area contributed by atoms with Crippen molar-refractivity contribution in [1.82, 2.24) is 15.1 Å². The highest BCUT2D eigenvalue weighted by Gasteiger charge is 2.37. The van der Waals surface area contributed by atoms with Crippen molar-refractivity contribution in [1.29, 1.82) is 0 Å². The highest BCUT2D eigenvalue weighted by molar-refractivity contribution is 5.91. The molecule has 8 heteroatoms. The number of aliphatic carboxylic acids is 1. The van der Waals surface area contributed by atoms with Crippen molar-refractivity contribution in [2.75, 3.05) is 26.2 Å². The number of nitrogens with two attached hydrogens (primary N) is 1. The van der Waals surface area contributed by atoms with Crippen LogP contribution in [0.1, 0.15) is 19.3 Å². The fourth-order valence-electron chi connectivity index (χ4n) is 2.58. The second-order valence-electron chi connectivity index (χ2n) is 5.21. The zero-order chi connectivity index (χ0) is 14.7. The minimum absolute atomic E-state index is 0.110. The van der Waals surface area contributed by atoms with E-state index in [0.717, 1.165) is 12.8 Å². The summed E-state index contributed by atoms with van der Waals surface area (Å²) in [6.45, 7) is 1.80. The summed E-state index contributed by atoms with van der Waals surface area (Å²) in [6, 6.07) is -1.08. The number of piperidine rings is 1. The molecule has 2 aliphatic heterocycles. The molecule has 0 saturated carbocycles. The maximum Gasteiger partial charge on any atom is 0.320 e. The molecule has 112 valence electrons. The normalized spacial score (nSPS) is 24.4. The standard InChI is InChI=1S/C12H20N4O4/c13-8-1-4-15(5-2-8)12(20)16-6-3-14-11(19)9(16)7-10(17)18/h8-9H,1-7,13H2,(H,14,19)(H,17,18). The average molecular weight is 284 g/mol. The van der Waals surface area contributed by atoms with Crippen LogP contribution in [-0.4, -0.2) is 71.1 Å². The number of urea groups is 1. The summed E-state index contributed by atoms with van der Waals surface area (Å²) in [5.74, 6) is -1.49. The van der Waals surface area contributed by atoms with Crippen molar-refractivity contribution < 1.29 is 19.5 Å². The van der Waals surface area contributed by atoms with Crippen LogP contribution >= 0.6 is 0 Å². The second-order valence-corrected chi connectivity index (χ2v) is 5.21. The average Bonchev–Trinajstić information content (AvgIpc) is 2.41. The zero-order valence-corrected chi connectivity index (χ0v) is 11.2. The number of nitrogens with one attached hydrogen (secondary N) is 1. The molecule has 2 saturated heterocycles. The van der Waals surface area contributed by atoms with Gasteiger partial charge in [0.2, 0.25) is 5.91 Å². The smallest absolute Gasteiger partial charge is 0.320 e. The summed E-state index contributed by atoms with van der Waals surface area (Å²) in [5.41, 5.74) is 5.80. The van der Waals surface area contributed by atoms with Crippen molar-refractivity contribution >= 4 is 17.9 Å². The van der Waals surface area contributed by atoms with Gasteiger partial charge in [0, 0.05) is 32.2 Å². The van der Waals surface area contributed by atoms with Crippen LogP contribution in [0.4, 0.5) is 4.79 Å². The van der Waals surface area contributed by atoms with Gasteiger partial charge in [0.05, 0.1) is 6.42 Å². The largest absolute Gasteiger partial charge is 0.481 e. The molecule has 2 heterocycles. The van der Waals surface area contributed by atoms with Crippen LogP contribution in [0.2, 0.25) is 0 Å². The summed E-state index contributed by atoms with van der Waals surface area (Å²) in [7, 11) is 0. The Morgan fingerprint density at radius 3 is 2.55 bits per heavy atom. The zero-order valence-electron chi connectivity index (χ0n) is 11.2. The van der Waals surface area contributed by atoms with E-state index >= 15 is 0 Å². The van der Waals surface area contributed by atoms with Crippen molar-refractivity contribution in [3.8, 4) is 0 Å². The van der Waals surface area contributed by atoms with E-state index in [2.05, 4.69) is 5.32 Å². The molecule has 0 bridgehead atoms. The van der Waals surface area contributed by atoms with E-state index in [1.807, 2.05) is 0 Å². The molecule has 0 radical (unpaired) electrons. The number of hydrogen-bond donors (Lipinski definition) is 3. The number of carbonyl (C=O) groups excluding carboxylic acids is 2. The number of hydrogen-bond acceptors (Lipinski definition) is 4. The predicted molar refractivity (Wildman–Crippen MR) is 69.9 cm³/mol. The van der Waals surface area contributed by atoms with Gasteiger partial charge in [-0.25, -0.2) is 4.79 Å². The Labute approximate surface area is 116 Å². The molecule has 2 aliphatic rings. The van der Waals surface area contributed by atoms with Gasteiger partial charge in [0.15, 0.2) is 0 Å². The number of rotatable bonds is 2. The monoisotopic (exact) mass is 284 g/mol. The van der Waals surface area contributed by atoms with Crippen LogP contribution in [0, 0.1) is 0 Å². The lowest BCUT2D eigenvalue weighted by Crippen LogP contribution is -2.61. The SMILES string of the molecule is NC1CCN(C(=O)N2CCNC(=O)C2CC(=O)O)CC1. The molecule has 0 aromatic heterocycles. The molecule has 0 aromatic rings. The highest BCUT2D eigenvalue weighted by atomic mass is 16.4. The summed E-state index contributed by atoms with van der Waals surface area (Å²) >= 11 is 0. The Bertz CT molecular complexity index is 406. The van der Waals surface area contributed by atoms with E-state index in [9.17, 15) is 14.4 Å². The minimum atomic E-state index is -1.09. The fraction of sp³-hybridized carbons (Fsp3) is 0.750. The molecule has 1 atom stereocenters. The summed E-state index contributed by atoms with van der Waals surface area (Å²) < 4.78 is 0. The van der Waals surface area contributed by atoms with E-state index in [0.29, 0.717) is 26.2 Å². The van der Waals surface area contributed by atoms with Crippen molar-refractivity contribution in [3.05, 3.63) is 0 Å². The number of carboxylic acid groups (broad SMARTS) is 1. The van der Waals surface area contributed by atoms with Gasteiger partial charge in [-0.1, -0.05) is 0 Å². The number of nitrogens with zero attached hydrogens (tertiary/aromatic N) is 2. The van der Waals surface area contributed by atoms with Crippen LogP contribution in [0.3, 0.4) is 0 Å². The Balaban J connectivity index is 2.05. The first-order valence-corrected chi connectivity index (χ1v) is 6.79. The molecule has 0 spiro atoms. The van der Waals surface area contributed by atoms with E-state index in [1.54, 1.807) is 4.90 Å². The highest BCUT2D eigenvalue weighted by Crippen LogP contribution is 2.16. The van der Waals surface area contributed by atoms with Crippen molar-refractivity contribution in [2.24, 2.45) is 5.73 Å². The lowest BCUT2D eigenvalue weighted by molar-refractivity contribution is -0.142. The third-order valence-electron chi connectivity index (χ3n) is 3.75. The number of piperazine rings is 1. The minimum Gasteiger partial charge on any atom is -0.481 e. The van der Waals surface area contributed by atoms with Crippen molar-refractivity contribution in [3.63, 3.8) is 0 Å². The van der Waals surface area contributed by atoms with Crippen molar-refractivity contribution in [2.45, 2.75) is 31.3 Å². The van der Waals surface area contributed by atoms with Gasteiger partial charge >= 0.3 is 12.0 Å². The van der Waals surface area contributed by atoms with Gasteiger partial charge in [-0.15, -0.1) is 0 Å². The van der Waals surface area contributed by atoms with E-state index in [1.165, 1.54) is 4.90 Å². The van der Waals surface area contributed by atoms with Crippen LogP contribution in [-0.2, 0) is 9.59 Å². The van der Waals surface area contributed by atoms with E-state index in [4.69, 9.17) is 10.8 Å². The van der Waals surface area contributed by atoms with Crippen LogP contribution in [0.5, 0.6) is 0 Å². The summed E-state index contributed by atoms with van der Waals surface area (Å²) in [5, 5.41) is 11.5. The lowest BCUT2D eigenvalue weighted by atomic mass is 10.1. The summed E-state index contributed by atoms with van der Waals surface area (Å²) in [6.07, 6.45) is 1.09. The Hall–Kier alpha value is -1.83. The number of carbonyl (C=O) groups is 3. The Morgan fingerprint density at radius 1 is 1.30 bits per heavy atom. The quantitative estimate of drug-likeness (QED) is 0.589. The van der Waals surface area contributed by atoms with Gasteiger partial charge in [-0.2, -0.15) is 0 Å². The van der Waals surface area contributed by atoms with Crippen LogP contribution < -0.4 is 11.1 Å². The van der Waals surface area contributed by atoms with Gasteiger partial charge in [-0.3, -0.25) is 9.59 Å². The molecular formula is C12H20N4O4. The molecule has 4 N–H and O–H groups in total. The topological polar surface area (TPSA) is 116 Å². The Morgan fingerprint density at radius 2 is 1.95 bits per heavy atom. The molecule has 0 aliphatic carbocycles. The molecule has 1 unspecified atom stereocenters. The maximum absolute atomic E-state index is 12.4. The molecular weight excluding hydrogens is 264 g/mol. The first kappa shape index (κ1) is 14.6.